The molecule has 0 saturated carbocycles. The van der Waals surface area contributed by atoms with Gasteiger partial charge in [0.2, 0.25) is 5.91 Å². The fourth-order valence-corrected chi connectivity index (χ4v) is 3.14. The number of amides is 1. The number of hydrogen-bond acceptors (Lipinski definition) is 2. The van der Waals surface area contributed by atoms with Crippen molar-refractivity contribution in [3.63, 3.8) is 0 Å². The Labute approximate surface area is 112 Å². The Kier molecular flexibility index (Phi) is 5.20. The zero-order chi connectivity index (χ0) is 13.8. The van der Waals surface area contributed by atoms with Gasteiger partial charge < -0.3 is 10.2 Å². The molecule has 0 aromatic rings. The second kappa shape index (κ2) is 6.05. The van der Waals surface area contributed by atoms with Gasteiger partial charge in [0, 0.05) is 13.6 Å². The molecule has 0 radical (unpaired) electrons. The zero-order valence-electron chi connectivity index (χ0n) is 12.8. The molecule has 0 bridgehead atoms. The van der Waals surface area contributed by atoms with Gasteiger partial charge in [0.15, 0.2) is 0 Å². The van der Waals surface area contributed by atoms with E-state index < -0.39 is 0 Å². The molecule has 3 heteroatoms. The van der Waals surface area contributed by atoms with Crippen LogP contribution >= 0.6 is 0 Å². The van der Waals surface area contributed by atoms with Crippen LogP contribution in [0, 0.1) is 10.8 Å². The third-order valence-electron chi connectivity index (χ3n) is 3.80. The fraction of sp³-hybridized carbons (Fsp3) is 0.933. The lowest BCUT2D eigenvalue weighted by molar-refractivity contribution is -0.144. The molecule has 1 amide bonds. The first-order chi connectivity index (χ1) is 8.31. The van der Waals surface area contributed by atoms with Crippen molar-refractivity contribution in [2.45, 2.75) is 53.4 Å². The molecular weight excluding hydrogens is 224 g/mol. The fourth-order valence-electron chi connectivity index (χ4n) is 3.14. The molecule has 1 heterocycles. The van der Waals surface area contributed by atoms with Crippen LogP contribution in [0.1, 0.15) is 53.4 Å². The van der Waals surface area contributed by atoms with Crippen molar-refractivity contribution in [1.82, 2.24) is 10.2 Å². The van der Waals surface area contributed by atoms with Gasteiger partial charge in [-0.15, -0.1) is 0 Å². The molecule has 18 heavy (non-hydrogen) atoms. The summed E-state index contributed by atoms with van der Waals surface area (Å²) in [5, 5.41) is 3.37. The quantitative estimate of drug-likeness (QED) is 0.836. The van der Waals surface area contributed by atoms with Crippen LogP contribution in [0.25, 0.3) is 0 Å². The summed E-state index contributed by atoms with van der Waals surface area (Å²) in [6, 6.07) is 0. The van der Waals surface area contributed by atoms with Crippen LogP contribution in [0.2, 0.25) is 0 Å². The highest BCUT2D eigenvalue weighted by Crippen LogP contribution is 2.36. The molecule has 1 saturated heterocycles. The van der Waals surface area contributed by atoms with E-state index in [0.29, 0.717) is 5.91 Å². The Hall–Kier alpha value is -0.570. The van der Waals surface area contributed by atoms with Gasteiger partial charge in [0.05, 0.1) is 5.41 Å². The van der Waals surface area contributed by atoms with E-state index in [1.165, 1.54) is 0 Å². The van der Waals surface area contributed by atoms with Crippen molar-refractivity contribution >= 4 is 5.91 Å². The second-order valence-corrected chi connectivity index (χ2v) is 7.00. The predicted molar refractivity (Wildman–Crippen MR) is 76.5 cm³/mol. The summed E-state index contributed by atoms with van der Waals surface area (Å²) in [6.07, 6.45) is 4.11. The van der Waals surface area contributed by atoms with Crippen LogP contribution in [0.3, 0.4) is 0 Å². The molecule has 0 aromatic carbocycles. The first-order valence-electron chi connectivity index (χ1n) is 7.27. The molecule has 0 atom stereocenters. The number of piperidine rings is 1. The third-order valence-corrected chi connectivity index (χ3v) is 3.80. The van der Waals surface area contributed by atoms with E-state index in [1.54, 1.807) is 0 Å². The van der Waals surface area contributed by atoms with Gasteiger partial charge in [0.1, 0.15) is 0 Å². The van der Waals surface area contributed by atoms with E-state index in [4.69, 9.17) is 0 Å². The smallest absolute Gasteiger partial charge is 0.228 e. The number of carbonyl (C=O) groups is 1. The lowest BCUT2D eigenvalue weighted by atomic mass is 9.74. The van der Waals surface area contributed by atoms with Gasteiger partial charge in [0.25, 0.3) is 0 Å². The van der Waals surface area contributed by atoms with E-state index in [-0.39, 0.29) is 10.8 Å². The topological polar surface area (TPSA) is 32.3 Å². The van der Waals surface area contributed by atoms with Gasteiger partial charge in [-0.05, 0) is 37.8 Å². The highest BCUT2D eigenvalue weighted by atomic mass is 16.2. The van der Waals surface area contributed by atoms with E-state index in [1.807, 2.05) is 11.9 Å². The Balaban J connectivity index is 2.75. The number of nitrogens with zero attached hydrogens (tertiary/aromatic N) is 1. The summed E-state index contributed by atoms with van der Waals surface area (Å²) in [4.78, 5) is 14.7. The molecule has 1 aliphatic heterocycles. The summed E-state index contributed by atoms with van der Waals surface area (Å²) >= 11 is 0. The molecule has 106 valence electrons. The maximum atomic E-state index is 12.8. The Morgan fingerprint density at radius 3 is 2.28 bits per heavy atom. The Morgan fingerprint density at radius 1 is 1.28 bits per heavy atom. The number of rotatable bonds is 4. The molecule has 0 spiro atoms. The maximum Gasteiger partial charge on any atom is 0.228 e. The third kappa shape index (κ3) is 3.98. The summed E-state index contributed by atoms with van der Waals surface area (Å²) < 4.78 is 0. The van der Waals surface area contributed by atoms with Crippen LogP contribution < -0.4 is 5.32 Å². The zero-order valence-corrected chi connectivity index (χ0v) is 12.8. The SMILES string of the molecule is CCCC1(C(=O)N(C)CC(C)(C)C)CCNCC1. The molecule has 1 fully saturated rings. The standard InChI is InChI=1S/C15H30N2O/c1-6-7-15(8-10-16-11-9-15)13(18)17(5)12-14(2,3)4/h16H,6-12H2,1-5H3. The van der Waals surface area contributed by atoms with E-state index in [0.717, 1.165) is 45.3 Å². The minimum Gasteiger partial charge on any atom is -0.345 e. The van der Waals surface area contributed by atoms with Crippen LogP contribution in [0.15, 0.2) is 0 Å². The van der Waals surface area contributed by atoms with Crippen molar-refractivity contribution in [3.05, 3.63) is 0 Å². The highest BCUT2D eigenvalue weighted by molar-refractivity contribution is 5.82. The average molecular weight is 254 g/mol. The average Bonchev–Trinajstić information content (AvgIpc) is 2.27. The van der Waals surface area contributed by atoms with Crippen LogP contribution in [0.4, 0.5) is 0 Å². The summed E-state index contributed by atoms with van der Waals surface area (Å²) in [5.41, 5.74) is 0.0741. The number of hydrogen-bond donors (Lipinski definition) is 1. The van der Waals surface area contributed by atoms with E-state index in [9.17, 15) is 4.79 Å². The molecule has 0 aromatic heterocycles. The normalized spacial score (nSPS) is 19.6. The van der Waals surface area contributed by atoms with Crippen LogP contribution in [-0.4, -0.2) is 37.5 Å². The summed E-state index contributed by atoms with van der Waals surface area (Å²) in [5.74, 6) is 0.362. The van der Waals surface area contributed by atoms with Crippen molar-refractivity contribution < 1.29 is 4.79 Å². The first kappa shape index (κ1) is 15.5. The van der Waals surface area contributed by atoms with Crippen molar-refractivity contribution in [2.75, 3.05) is 26.7 Å². The van der Waals surface area contributed by atoms with Gasteiger partial charge in [-0.3, -0.25) is 4.79 Å². The van der Waals surface area contributed by atoms with Crippen LogP contribution in [-0.2, 0) is 4.79 Å². The van der Waals surface area contributed by atoms with Crippen molar-refractivity contribution in [1.29, 1.82) is 0 Å². The monoisotopic (exact) mass is 254 g/mol. The molecular formula is C15H30N2O. The molecule has 0 unspecified atom stereocenters. The van der Waals surface area contributed by atoms with Crippen molar-refractivity contribution in [3.8, 4) is 0 Å². The number of carbonyl (C=O) groups excluding carboxylic acids is 1. The van der Waals surface area contributed by atoms with Gasteiger partial charge in [-0.25, -0.2) is 0 Å². The Morgan fingerprint density at radius 2 is 1.83 bits per heavy atom. The maximum absolute atomic E-state index is 12.8. The summed E-state index contributed by atoms with van der Waals surface area (Å²) in [7, 11) is 1.97. The molecule has 3 nitrogen and oxygen atoms in total. The predicted octanol–water partition coefficient (Wildman–Crippen LogP) is 2.66. The van der Waals surface area contributed by atoms with Crippen molar-refractivity contribution in [2.24, 2.45) is 10.8 Å². The minimum atomic E-state index is -0.0972. The molecule has 0 aliphatic carbocycles. The van der Waals surface area contributed by atoms with Gasteiger partial charge >= 0.3 is 0 Å². The number of nitrogens with one attached hydrogen (secondary N) is 1. The lowest BCUT2D eigenvalue weighted by Gasteiger charge is -2.40. The lowest BCUT2D eigenvalue weighted by Crippen LogP contribution is -2.49. The van der Waals surface area contributed by atoms with Crippen LogP contribution in [0.5, 0.6) is 0 Å². The molecule has 1 N–H and O–H groups in total. The molecule has 1 rings (SSSR count). The van der Waals surface area contributed by atoms with E-state index in [2.05, 4.69) is 33.0 Å². The van der Waals surface area contributed by atoms with Gasteiger partial charge in [-0.1, -0.05) is 34.1 Å². The summed E-state index contributed by atoms with van der Waals surface area (Å²) in [6.45, 7) is 11.5. The Bertz CT molecular complexity index is 269. The first-order valence-corrected chi connectivity index (χ1v) is 7.27. The highest BCUT2D eigenvalue weighted by Gasteiger charge is 2.40. The minimum absolute atomic E-state index is 0.0972. The van der Waals surface area contributed by atoms with E-state index >= 15 is 0 Å². The largest absolute Gasteiger partial charge is 0.345 e. The molecule has 1 aliphatic rings. The van der Waals surface area contributed by atoms with Gasteiger partial charge in [-0.2, -0.15) is 0 Å². The second-order valence-electron chi connectivity index (χ2n) is 7.00.